The van der Waals surface area contributed by atoms with Crippen molar-refractivity contribution < 1.29 is 4.74 Å². The van der Waals surface area contributed by atoms with E-state index in [9.17, 15) is 0 Å². The van der Waals surface area contributed by atoms with Crippen LogP contribution in [0.3, 0.4) is 0 Å². The van der Waals surface area contributed by atoms with Crippen LogP contribution in [0.25, 0.3) is 11.4 Å². The van der Waals surface area contributed by atoms with Crippen LogP contribution in [0, 0.1) is 5.92 Å². The van der Waals surface area contributed by atoms with Crippen molar-refractivity contribution in [2.75, 3.05) is 30.8 Å². The molecule has 5 heteroatoms. The quantitative estimate of drug-likeness (QED) is 0.882. The highest BCUT2D eigenvalue weighted by Crippen LogP contribution is 2.20. The molecule has 1 aromatic heterocycles. The van der Waals surface area contributed by atoms with E-state index in [2.05, 4.69) is 15.3 Å². The van der Waals surface area contributed by atoms with E-state index in [1.54, 1.807) is 6.07 Å². The summed E-state index contributed by atoms with van der Waals surface area (Å²) in [6.45, 7) is 2.64. The Balaban J connectivity index is 1.66. The molecule has 110 valence electrons. The molecule has 0 aliphatic carbocycles. The number of nitrogens with two attached hydrogens (primary N) is 1. The first kappa shape index (κ1) is 13.8. The molecule has 0 bridgehead atoms. The van der Waals surface area contributed by atoms with Gasteiger partial charge in [0.15, 0.2) is 5.82 Å². The van der Waals surface area contributed by atoms with Crippen LogP contribution in [-0.2, 0) is 4.74 Å². The molecule has 1 aliphatic rings. The lowest BCUT2D eigenvalue weighted by Gasteiger charge is -2.10. The number of hydrogen-bond donors (Lipinski definition) is 2. The molecule has 0 saturated carbocycles. The van der Waals surface area contributed by atoms with Gasteiger partial charge >= 0.3 is 0 Å². The molecule has 1 fully saturated rings. The van der Waals surface area contributed by atoms with E-state index >= 15 is 0 Å². The van der Waals surface area contributed by atoms with E-state index < -0.39 is 0 Å². The molecule has 1 unspecified atom stereocenters. The first-order valence-corrected chi connectivity index (χ1v) is 7.33. The van der Waals surface area contributed by atoms with Crippen LogP contribution in [0.1, 0.15) is 12.8 Å². The molecule has 1 aromatic carbocycles. The largest absolute Gasteiger partial charge is 0.384 e. The monoisotopic (exact) mass is 284 g/mol. The lowest BCUT2D eigenvalue weighted by Crippen LogP contribution is -2.11. The van der Waals surface area contributed by atoms with Crippen molar-refractivity contribution in [3.05, 3.63) is 36.4 Å². The predicted molar refractivity (Wildman–Crippen MR) is 83.9 cm³/mol. The zero-order chi connectivity index (χ0) is 14.5. The Morgan fingerprint density at radius 2 is 2.10 bits per heavy atom. The van der Waals surface area contributed by atoms with E-state index in [-0.39, 0.29) is 0 Å². The highest BCUT2D eigenvalue weighted by molar-refractivity contribution is 5.60. The number of nitrogens with zero attached hydrogens (tertiary/aromatic N) is 2. The molecule has 2 heterocycles. The van der Waals surface area contributed by atoms with Gasteiger partial charge in [-0.3, -0.25) is 0 Å². The number of rotatable bonds is 5. The van der Waals surface area contributed by atoms with E-state index in [4.69, 9.17) is 10.5 Å². The Labute approximate surface area is 124 Å². The van der Waals surface area contributed by atoms with Gasteiger partial charge in [0.25, 0.3) is 0 Å². The van der Waals surface area contributed by atoms with Crippen LogP contribution in [0.5, 0.6) is 0 Å². The van der Waals surface area contributed by atoms with Gasteiger partial charge < -0.3 is 15.8 Å². The SMILES string of the molecule is Nc1cc(NCCC2CCOC2)nc(-c2ccccc2)n1. The van der Waals surface area contributed by atoms with Crippen molar-refractivity contribution in [3.8, 4) is 11.4 Å². The third kappa shape index (κ3) is 3.70. The lowest BCUT2D eigenvalue weighted by atomic mass is 10.1. The van der Waals surface area contributed by atoms with E-state index in [0.717, 1.165) is 44.0 Å². The Morgan fingerprint density at radius 3 is 2.86 bits per heavy atom. The van der Waals surface area contributed by atoms with Crippen molar-refractivity contribution in [3.63, 3.8) is 0 Å². The van der Waals surface area contributed by atoms with Gasteiger partial charge in [0.05, 0.1) is 0 Å². The fraction of sp³-hybridized carbons (Fsp3) is 0.375. The molecule has 3 rings (SSSR count). The number of nitrogens with one attached hydrogen (secondary N) is 1. The van der Waals surface area contributed by atoms with Crippen LogP contribution in [0.4, 0.5) is 11.6 Å². The summed E-state index contributed by atoms with van der Waals surface area (Å²) in [4.78, 5) is 8.83. The standard InChI is InChI=1S/C16H20N4O/c17-14-10-15(18-8-6-12-7-9-21-11-12)20-16(19-14)13-4-2-1-3-5-13/h1-5,10,12H,6-9,11H2,(H3,17,18,19,20). The summed E-state index contributed by atoms with van der Waals surface area (Å²) in [7, 11) is 0. The zero-order valence-corrected chi connectivity index (χ0v) is 12.0. The summed E-state index contributed by atoms with van der Waals surface area (Å²) >= 11 is 0. The Bertz CT molecular complexity index is 582. The van der Waals surface area contributed by atoms with E-state index in [1.165, 1.54) is 0 Å². The zero-order valence-electron chi connectivity index (χ0n) is 12.0. The lowest BCUT2D eigenvalue weighted by molar-refractivity contribution is 0.185. The van der Waals surface area contributed by atoms with Gasteiger partial charge in [0, 0.05) is 31.4 Å². The summed E-state index contributed by atoms with van der Waals surface area (Å²) in [5.74, 6) is 2.57. The molecular weight excluding hydrogens is 264 g/mol. The average molecular weight is 284 g/mol. The number of anilines is 2. The summed E-state index contributed by atoms with van der Waals surface area (Å²) in [5.41, 5.74) is 6.85. The van der Waals surface area contributed by atoms with Crippen LogP contribution in [0.15, 0.2) is 36.4 Å². The molecule has 1 aliphatic heterocycles. The van der Waals surface area contributed by atoms with Crippen molar-refractivity contribution in [2.24, 2.45) is 5.92 Å². The van der Waals surface area contributed by atoms with Crippen LogP contribution in [-0.4, -0.2) is 29.7 Å². The maximum Gasteiger partial charge on any atom is 0.163 e. The number of ether oxygens (including phenoxy) is 1. The minimum atomic E-state index is 0.482. The fourth-order valence-corrected chi connectivity index (χ4v) is 2.49. The fourth-order valence-electron chi connectivity index (χ4n) is 2.49. The maximum atomic E-state index is 5.88. The molecule has 0 radical (unpaired) electrons. The van der Waals surface area contributed by atoms with Crippen molar-refractivity contribution in [2.45, 2.75) is 12.8 Å². The second-order valence-electron chi connectivity index (χ2n) is 5.31. The van der Waals surface area contributed by atoms with Gasteiger partial charge in [0.1, 0.15) is 11.6 Å². The summed E-state index contributed by atoms with van der Waals surface area (Å²) in [6.07, 6.45) is 2.24. The van der Waals surface area contributed by atoms with Gasteiger partial charge in [-0.1, -0.05) is 30.3 Å². The molecule has 0 amide bonds. The molecule has 5 nitrogen and oxygen atoms in total. The smallest absolute Gasteiger partial charge is 0.163 e. The van der Waals surface area contributed by atoms with E-state index in [0.29, 0.717) is 17.6 Å². The average Bonchev–Trinajstić information content (AvgIpc) is 3.01. The minimum absolute atomic E-state index is 0.482. The van der Waals surface area contributed by atoms with Gasteiger partial charge in [-0.05, 0) is 18.8 Å². The highest BCUT2D eigenvalue weighted by Gasteiger charge is 2.15. The molecule has 1 saturated heterocycles. The molecule has 21 heavy (non-hydrogen) atoms. The van der Waals surface area contributed by atoms with E-state index in [1.807, 2.05) is 30.3 Å². The second-order valence-corrected chi connectivity index (χ2v) is 5.31. The summed E-state index contributed by atoms with van der Waals surface area (Å²) in [5, 5.41) is 3.34. The molecule has 3 N–H and O–H groups in total. The van der Waals surface area contributed by atoms with Gasteiger partial charge in [-0.15, -0.1) is 0 Å². The topological polar surface area (TPSA) is 73.1 Å². The van der Waals surface area contributed by atoms with Crippen molar-refractivity contribution in [1.29, 1.82) is 0 Å². The van der Waals surface area contributed by atoms with Crippen LogP contribution < -0.4 is 11.1 Å². The third-order valence-electron chi connectivity index (χ3n) is 3.66. The Hall–Kier alpha value is -2.14. The minimum Gasteiger partial charge on any atom is -0.384 e. The van der Waals surface area contributed by atoms with Gasteiger partial charge in [0.2, 0.25) is 0 Å². The van der Waals surface area contributed by atoms with Gasteiger partial charge in [-0.25, -0.2) is 9.97 Å². The maximum absolute atomic E-state index is 5.88. The highest BCUT2D eigenvalue weighted by atomic mass is 16.5. The van der Waals surface area contributed by atoms with Crippen LogP contribution >= 0.6 is 0 Å². The summed E-state index contributed by atoms with van der Waals surface area (Å²) < 4.78 is 5.38. The number of nitrogen functional groups attached to an aromatic ring is 1. The normalized spacial score (nSPS) is 17.8. The number of benzene rings is 1. The first-order valence-electron chi connectivity index (χ1n) is 7.33. The van der Waals surface area contributed by atoms with Crippen molar-refractivity contribution in [1.82, 2.24) is 9.97 Å². The van der Waals surface area contributed by atoms with Crippen molar-refractivity contribution >= 4 is 11.6 Å². The molecule has 0 spiro atoms. The van der Waals surface area contributed by atoms with Crippen LogP contribution in [0.2, 0.25) is 0 Å². The van der Waals surface area contributed by atoms with Gasteiger partial charge in [-0.2, -0.15) is 0 Å². The second kappa shape index (κ2) is 6.54. The first-order chi connectivity index (χ1) is 10.3. The molecular formula is C16H20N4O. The third-order valence-corrected chi connectivity index (χ3v) is 3.66. The predicted octanol–water partition coefficient (Wildman–Crippen LogP) is 2.56. The number of aromatic nitrogens is 2. The molecule has 1 atom stereocenters. The summed E-state index contributed by atoms with van der Waals surface area (Å²) in [6, 6.07) is 11.6. The Kier molecular flexibility index (Phi) is 4.31. The molecule has 2 aromatic rings. The number of hydrogen-bond acceptors (Lipinski definition) is 5. The Morgan fingerprint density at radius 1 is 1.24 bits per heavy atom.